The van der Waals surface area contributed by atoms with Gasteiger partial charge in [-0.1, -0.05) is 18.2 Å². The molecule has 0 saturated carbocycles. The number of aromatic nitrogens is 2. The number of halogens is 3. The molecule has 0 saturated heterocycles. The summed E-state index contributed by atoms with van der Waals surface area (Å²) >= 11 is 1.42. The summed E-state index contributed by atoms with van der Waals surface area (Å²) in [5, 5.41) is 0. The Morgan fingerprint density at radius 3 is 2.27 bits per heavy atom. The number of esters is 1. The third kappa shape index (κ3) is 8.78. The fourth-order valence-electron chi connectivity index (χ4n) is 4.28. The second-order valence-electron chi connectivity index (χ2n) is 11.9. The number of alkyl halides is 3. The molecule has 0 fully saturated rings. The molecule has 7 nitrogen and oxygen atoms in total. The largest absolute Gasteiger partial charge is 0.469 e. The molecular formula is C33H36F3N3O4S. The van der Waals surface area contributed by atoms with Crippen LogP contribution in [0.3, 0.4) is 0 Å². The highest BCUT2D eigenvalue weighted by Crippen LogP contribution is 2.36. The first-order valence-corrected chi connectivity index (χ1v) is 14.8. The van der Waals surface area contributed by atoms with Crippen molar-refractivity contribution >= 4 is 23.5 Å². The Hall–Kier alpha value is -3.99. The van der Waals surface area contributed by atoms with Crippen LogP contribution in [0.1, 0.15) is 62.6 Å². The van der Waals surface area contributed by atoms with Crippen molar-refractivity contribution < 1.29 is 31.9 Å². The number of anilines is 1. The van der Waals surface area contributed by atoms with E-state index in [1.165, 1.54) is 30.2 Å². The Morgan fingerprint density at radius 2 is 1.66 bits per heavy atom. The van der Waals surface area contributed by atoms with Gasteiger partial charge in [-0.2, -0.15) is 13.2 Å². The SMILES string of the molecule is Cc1coc(C)c1CN(Cc1ccc(SC(C)(C)C(=O)OC(C)(C)C)cc1)c1cc(Oc2cccc(C(F)(F)F)c2)ncn1. The van der Waals surface area contributed by atoms with Crippen molar-refractivity contribution in [2.24, 2.45) is 0 Å². The first kappa shape index (κ1) is 32.9. The molecule has 0 spiro atoms. The molecule has 4 rings (SSSR count). The molecule has 0 N–H and O–H groups in total. The summed E-state index contributed by atoms with van der Waals surface area (Å²) in [7, 11) is 0. The van der Waals surface area contributed by atoms with Crippen molar-refractivity contribution in [3.05, 3.63) is 95.2 Å². The number of ether oxygens (including phenoxy) is 2. The van der Waals surface area contributed by atoms with Crippen LogP contribution in [0.5, 0.6) is 11.6 Å². The van der Waals surface area contributed by atoms with Gasteiger partial charge in [0.15, 0.2) is 0 Å². The summed E-state index contributed by atoms with van der Waals surface area (Å²) in [5.41, 5.74) is 1.57. The predicted molar refractivity (Wildman–Crippen MR) is 164 cm³/mol. The molecule has 234 valence electrons. The standard InChI is InChI=1S/C33H36F3N3O4S/c1-21-19-41-22(2)27(21)18-39(17-23-11-13-26(14-12-23)44-32(6,7)30(40)43-31(3,4)5)28-16-29(38-20-37-28)42-25-10-8-9-24(15-25)33(34,35)36/h8-16,19-20H,17-18H2,1-7H3. The molecule has 0 aliphatic heterocycles. The molecule has 44 heavy (non-hydrogen) atoms. The third-order valence-corrected chi connectivity index (χ3v) is 7.74. The monoisotopic (exact) mass is 627 g/mol. The van der Waals surface area contributed by atoms with E-state index in [0.29, 0.717) is 18.9 Å². The molecule has 0 amide bonds. The molecule has 0 bridgehead atoms. The van der Waals surface area contributed by atoms with Gasteiger partial charge in [0.1, 0.15) is 34.0 Å². The molecule has 2 aromatic heterocycles. The van der Waals surface area contributed by atoms with Gasteiger partial charge in [0.25, 0.3) is 0 Å². The minimum atomic E-state index is -4.49. The zero-order valence-corrected chi connectivity index (χ0v) is 26.6. The Balaban J connectivity index is 1.57. The average molecular weight is 628 g/mol. The van der Waals surface area contributed by atoms with Crippen LogP contribution in [0, 0.1) is 13.8 Å². The molecule has 0 aliphatic rings. The normalized spacial score (nSPS) is 12.2. The van der Waals surface area contributed by atoms with Gasteiger partial charge in [0.2, 0.25) is 5.88 Å². The number of carbonyl (C=O) groups is 1. The number of hydrogen-bond donors (Lipinski definition) is 0. The Kier molecular flexibility index (Phi) is 9.68. The number of benzene rings is 2. The van der Waals surface area contributed by atoms with E-state index >= 15 is 0 Å². The van der Waals surface area contributed by atoms with Gasteiger partial charge in [-0.25, -0.2) is 9.97 Å². The minimum Gasteiger partial charge on any atom is -0.469 e. The van der Waals surface area contributed by atoms with Gasteiger partial charge < -0.3 is 18.8 Å². The second-order valence-corrected chi connectivity index (χ2v) is 13.6. The van der Waals surface area contributed by atoms with Crippen molar-refractivity contribution in [1.29, 1.82) is 0 Å². The number of furan rings is 1. The van der Waals surface area contributed by atoms with E-state index in [2.05, 4.69) is 9.97 Å². The van der Waals surface area contributed by atoms with Crippen LogP contribution in [0.2, 0.25) is 0 Å². The summed E-state index contributed by atoms with van der Waals surface area (Å²) < 4.78 is 55.8. The van der Waals surface area contributed by atoms with Crippen LogP contribution in [0.4, 0.5) is 19.0 Å². The summed E-state index contributed by atoms with van der Waals surface area (Å²) in [6, 6.07) is 14.1. The van der Waals surface area contributed by atoms with E-state index in [-0.39, 0.29) is 17.6 Å². The smallest absolute Gasteiger partial charge is 0.416 e. The van der Waals surface area contributed by atoms with Gasteiger partial charge in [0.05, 0.1) is 11.8 Å². The van der Waals surface area contributed by atoms with Crippen LogP contribution in [0.25, 0.3) is 0 Å². The molecular weight excluding hydrogens is 591 g/mol. The van der Waals surface area contributed by atoms with E-state index in [9.17, 15) is 18.0 Å². The lowest BCUT2D eigenvalue weighted by atomic mass is 10.1. The first-order valence-electron chi connectivity index (χ1n) is 14.0. The highest BCUT2D eigenvalue weighted by Gasteiger charge is 2.34. The number of thioether (sulfide) groups is 1. The maximum atomic E-state index is 13.2. The molecule has 0 atom stereocenters. The van der Waals surface area contributed by atoms with Gasteiger partial charge in [-0.05, 0) is 89.9 Å². The summed E-state index contributed by atoms with van der Waals surface area (Å²) in [5.74, 6) is 1.13. The number of nitrogens with zero attached hydrogens (tertiary/aromatic N) is 3. The zero-order chi connectivity index (χ0) is 32.3. The van der Waals surface area contributed by atoms with Crippen molar-refractivity contribution in [3.63, 3.8) is 0 Å². The maximum Gasteiger partial charge on any atom is 0.416 e. The Morgan fingerprint density at radius 1 is 0.955 bits per heavy atom. The molecule has 0 aliphatic carbocycles. The predicted octanol–water partition coefficient (Wildman–Crippen LogP) is 8.92. The van der Waals surface area contributed by atoms with E-state index in [1.807, 2.05) is 77.6 Å². The van der Waals surface area contributed by atoms with Gasteiger partial charge in [0, 0.05) is 29.6 Å². The summed E-state index contributed by atoms with van der Waals surface area (Å²) in [4.78, 5) is 24.2. The van der Waals surface area contributed by atoms with Crippen molar-refractivity contribution in [2.45, 2.75) is 83.0 Å². The summed E-state index contributed by atoms with van der Waals surface area (Å²) in [6.07, 6.45) is -1.48. The fraction of sp³-hybridized carbons (Fsp3) is 0.364. The van der Waals surface area contributed by atoms with E-state index in [4.69, 9.17) is 13.9 Å². The lowest BCUT2D eigenvalue weighted by Gasteiger charge is -2.28. The minimum absolute atomic E-state index is 0.0138. The second kappa shape index (κ2) is 12.9. The third-order valence-electron chi connectivity index (χ3n) is 6.56. The quantitative estimate of drug-likeness (QED) is 0.127. The van der Waals surface area contributed by atoms with Crippen molar-refractivity contribution in [3.8, 4) is 11.6 Å². The molecule has 2 heterocycles. The van der Waals surface area contributed by atoms with Gasteiger partial charge in [-0.15, -0.1) is 11.8 Å². The van der Waals surface area contributed by atoms with Crippen LogP contribution in [-0.4, -0.2) is 26.3 Å². The van der Waals surface area contributed by atoms with Gasteiger partial charge in [-0.3, -0.25) is 4.79 Å². The van der Waals surface area contributed by atoms with E-state index in [0.717, 1.165) is 39.5 Å². The van der Waals surface area contributed by atoms with E-state index < -0.39 is 22.1 Å². The van der Waals surface area contributed by atoms with Crippen molar-refractivity contribution in [1.82, 2.24) is 9.97 Å². The highest BCUT2D eigenvalue weighted by atomic mass is 32.2. The van der Waals surface area contributed by atoms with Crippen molar-refractivity contribution in [2.75, 3.05) is 4.90 Å². The molecule has 11 heteroatoms. The molecule has 4 aromatic rings. The Labute approximate surface area is 259 Å². The fourth-order valence-corrected chi connectivity index (χ4v) is 5.26. The van der Waals surface area contributed by atoms with Crippen LogP contribution >= 0.6 is 11.8 Å². The van der Waals surface area contributed by atoms with Crippen LogP contribution < -0.4 is 9.64 Å². The number of carbonyl (C=O) groups excluding carboxylic acids is 1. The maximum absolute atomic E-state index is 13.2. The number of hydrogen-bond acceptors (Lipinski definition) is 8. The van der Waals surface area contributed by atoms with E-state index in [1.54, 1.807) is 12.3 Å². The molecule has 0 unspecified atom stereocenters. The van der Waals surface area contributed by atoms with Crippen LogP contribution in [0.15, 0.2) is 76.5 Å². The number of aryl methyl sites for hydroxylation is 2. The topological polar surface area (TPSA) is 77.7 Å². The highest BCUT2D eigenvalue weighted by molar-refractivity contribution is 8.01. The average Bonchev–Trinajstić information content (AvgIpc) is 3.24. The number of rotatable bonds is 10. The first-order chi connectivity index (χ1) is 20.5. The molecule has 0 radical (unpaired) electrons. The zero-order valence-electron chi connectivity index (χ0n) is 25.8. The lowest BCUT2D eigenvalue weighted by Crippen LogP contribution is -2.36. The lowest BCUT2D eigenvalue weighted by molar-refractivity contribution is -0.156. The summed E-state index contributed by atoms with van der Waals surface area (Å²) in [6.45, 7) is 14.0. The Bertz CT molecular complexity index is 1580. The van der Waals surface area contributed by atoms with Crippen LogP contribution in [-0.2, 0) is 28.8 Å². The van der Waals surface area contributed by atoms with Gasteiger partial charge >= 0.3 is 12.1 Å². The molecule has 2 aromatic carbocycles.